The first-order chi connectivity index (χ1) is 13.0. The Labute approximate surface area is 157 Å². The van der Waals surface area contributed by atoms with Crippen LogP contribution in [0.2, 0.25) is 0 Å². The van der Waals surface area contributed by atoms with E-state index in [2.05, 4.69) is 5.32 Å². The zero-order valence-electron chi connectivity index (χ0n) is 15.3. The molecule has 0 saturated heterocycles. The summed E-state index contributed by atoms with van der Waals surface area (Å²) >= 11 is 0. The molecule has 1 N–H and O–H groups in total. The van der Waals surface area contributed by atoms with E-state index in [9.17, 15) is 9.59 Å². The molecule has 7 nitrogen and oxygen atoms in total. The first-order valence-corrected chi connectivity index (χ1v) is 8.31. The molecule has 0 unspecified atom stereocenters. The number of nitriles is 1. The monoisotopic (exact) mass is 368 g/mol. The van der Waals surface area contributed by atoms with Crippen molar-refractivity contribution in [2.45, 2.75) is 20.0 Å². The van der Waals surface area contributed by atoms with Crippen LogP contribution >= 0.6 is 0 Å². The van der Waals surface area contributed by atoms with Gasteiger partial charge < -0.3 is 19.5 Å². The van der Waals surface area contributed by atoms with Crippen molar-refractivity contribution in [1.82, 2.24) is 0 Å². The number of rotatable bonds is 7. The quantitative estimate of drug-likeness (QED) is 0.754. The Bertz CT molecular complexity index is 873. The van der Waals surface area contributed by atoms with Crippen LogP contribution in [0.25, 0.3) is 0 Å². The third-order valence-electron chi connectivity index (χ3n) is 3.61. The molecule has 0 spiro atoms. The molecular formula is C20H20N2O5. The van der Waals surface area contributed by atoms with Crippen LogP contribution in [0, 0.1) is 11.3 Å². The molecule has 0 saturated carbocycles. The molecule has 0 radical (unpaired) electrons. The first kappa shape index (κ1) is 19.8. The predicted molar refractivity (Wildman–Crippen MR) is 98.8 cm³/mol. The van der Waals surface area contributed by atoms with E-state index in [1.54, 1.807) is 24.3 Å². The summed E-state index contributed by atoms with van der Waals surface area (Å²) in [7, 11) is 1.47. The van der Waals surface area contributed by atoms with E-state index in [0.717, 1.165) is 0 Å². The molecule has 1 atom stereocenters. The molecule has 2 rings (SSSR count). The fourth-order valence-corrected chi connectivity index (χ4v) is 2.26. The summed E-state index contributed by atoms with van der Waals surface area (Å²) in [6.45, 7) is 3.77. The second kappa shape index (κ2) is 9.25. The maximum Gasteiger partial charge on any atom is 0.339 e. The summed E-state index contributed by atoms with van der Waals surface area (Å²) in [6, 6.07) is 13.1. The number of benzene rings is 2. The van der Waals surface area contributed by atoms with Crippen molar-refractivity contribution in [2.75, 3.05) is 19.0 Å². The Kier molecular flexibility index (Phi) is 6.78. The number of nitrogens with one attached hydrogen (secondary N) is 1. The van der Waals surface area contributed by atoms with Crippen molar-refractivity contribution >= 4 is 17.6 Å². The summed E-state index contributed by atoms with van der Waals surface area (Å²) < 4.78 is 15.8. The smallest absolute Gasteiger partial charge is 0.339 e. The minimum Gasteiger partial charge on any atom is -0.493 e. The van der Waals surface area contributed by atoms with Gasteiger partial charge in [-0.3, -0.25) is 4.79 Å². The molecule has 0 fully saturated rings. The van der Waals surface area contributed by atoms with Crippen LogP contribution in [0.15, 0.2) is 42.5 Å². The summed E-state index contributed by atoms with van der Waals surface area (Å²) in [5.41, 5.74) is 1.10. The summed E-state index contributed by atoms with van der Waals surface area (Å²) in [6.07, 6.45) is -1.03. The fraction of sp³-hybridized carbons (Fsp3) is 0.250. The molecule has 1 amide bonds. The van der Waals surface area contributed by atoms with Gasteiger partial charge in [0.05, 0.1) is 30.9 Å². The molecule has 2 aromatic rings. The lowest BCUT2D eigenvalue weighted by molar-refractivity contribution is -0.123. The van der Waals surface area contributed by atoms with Gasteiger partial charge in [0.15, 0.2) is 17.6 Å². The highest BCUT2D eigenvalue weighted by molar-refractivity contribution is 5.97. The lowest BCUT2D eigenvalue weighted by Gasteiger charge is -2.15. The number of hydrogen-bond acceptors (Lipinski definition) is 6. The largest absolute Gasteiger partial charge is 0.493 e. The molecule has 0 aliphatic heterocycles. The van der Waals surface area contributed by atoms with Crippen LogP contribution in [0.4, 0.5) is 5.69 Å². The molecule has 0 bridgehead atoms. The van der Waals surface area contributed by atoms with Crippen molar-refractivity contribution in [3.8, 4) is 17.6 Å². The maximum atomic E-state index is 12.3. The number of carbonyl (C=O) groups is 2. The zero-order valence-corrected chi connectivity index (χ0v) is 15.3. The molecule has 0 aliphatic carbocycles. The lowest BCUT2D eigenvalue weighted by atomic mass is 10.2. The van der Waals surface area contributed by atoms with Crippen LogP contribution in [0.1, 0.15) is 29.8 Å². The number of carbonyl (C=O) groups excluding carboxylic acids is 2. The van der Waals surface area contributed by atoms with Gasteiger partial charge >= 0.3 is 5.97 Å². The van der Waals surface area contributed by atoms with E-state index in [-0.39, 0.29) is 5.56 Å². The van der Waals surface area contributed by atoms with Gasteiger partial charge in [-0.25, -0.2) is 4.79 Å². The molecule has 27 heavy (non-hydrogen) atoms. The van der Waals surface area contributed by atoms with Crippen LogP contribution in [-0.4, -0.2) is 31.7 Å². The number of nitrogens with zero attached hydrogens (tertiary/aromatic N) is 1. The van der Waals surface area contributed by atoms with E-state index in [0.29, 0.717) is 29.4 Å². The zero-order chi connectivity index (χ0) is 19.8. The fourth-order valence-electron chi connectivity index (χ4n) is 2.26. The van der Waals surface area contributed by atoms with Crippen LogP contribution in [-0.2, 0) is 9.53 Å². The van der Waals surface area contributed by atoms with E-state index in [1.165, 1.54) is 32.2 Å². The van der Waals surface area contributed by atoms with Gasteiger partial charge in [0.2, 0.25) is 0 Å². The maximum absolute atomic E-state index is 12.3. The van der Waals surface area contributed by atoms with Crippen LogP contribution in [0.5, 0.6) is 11.5 Å². The molecular weight excluding hydrogens is 348 g/mol. The molecule has 0 heterocycles. The first-order valence-electron chi connectivity index (χ1n) is 8.31. The van der Waals surface area contributed by atoms with Gasteiger partial charge in [0.1, 0.15) is 0 Å². The van der Waals surface area contributed by atoms with Crippen LogP contribution < -0.4 is 14.8 Å². The second-order valence-corrected chi connectivity index (χ2v) is 5.53. The lowest BCUT2D eigenvalue weighted by Crippen LogP contribution is -2.30. The summed E-state index contributed by atoms with van der Waals surface area (Å²) in [5.74, 6) is -0.252. The van der Waals surface area contributed by atoms with Crippen molar-refractivity contribution in [2.24, 2.45) is 0 Å². The Morgan fingerprint density at radius 1 is 1.19 bits per heavy atom. The Hall–Kier alpha value is -3.53. The Balaban J connectivity index is 2.04. The minimum absolute atomic E-state index is 0.237. The Morgan fingerprint density at radius 3 is 2.63 bits per heavy atom. The van der Waals surface area contributed by atoms with Crippen molar-refractivity contribution in [3.05, 3.63) is 53.6 Å². The Morgan fingerprint density at radius 2 is 1.96 bits per heavy atom. The predicted octanol–water partition coefficient (Wildman–Crippen LogP) is 3.15. The van der Waals surface area contributed by atoms with Gasteiger partial charge in [-0.05, 0) is 50.2 Å². The number of hydrogen-bond donors (Lipinski definition) is 1. The molecule has 7 heteroatoms. The van der Waals surface area contributed by atoms with Gasteiger partial charge in [-0.1, -0.05) is 6.07 Å². The van der Waals surface area contributed by atoms with Crippen molar-refractivity contribution < 1.29 is 23.8 Å². The number of esters is 1. The third-order valence-corrected chi connectivity index (χ3v) is 3.61. The summed E-state index contributed by atoms with van der Waals surface area (Å²) in [5, 5.41) is 11.5. The van der Waals surface area contributed by atoms with Crippen LogP contribution in [0.3, 0.4) is 0 Å². The van der Waals surface area contributed by atoms with Gasteiger partial charge in [0.25, 0.3) is 5.91 Å². The van der Waals surface area contributed by atoms with Gasteiger partial charge in [-0.15, -0.1) is 0 Å². The molecule has 140 valence electrons. The minimum atomic E-state index is -1.03. The average Bonchev–Trinajstić information content (AvgIpc) is 2.68. The average molecular weight is 368 g/mol. The molecule has 2 aromatic carbocycles. The van der Waals surface area contributed by atoms with Crippen molar-refractivity contribution in [3.63, 3.8) is 0 Å². The summed E-state index contributed by atoms with van der Waals surface area (Å²) in [4.78, 5) is 24.5. The number of amides is 1. The van der Waals surface area contributed by atoms with E-state index in [1.807, 2.05) is 13.0 Å². The molecule has 0 aromatic heterocycles. The van der Waals surface area contributed by atoms with Gasteiger partial charge in [-0.2, -0.15) is 5.26 Å². The van der Waals surface area contributed by atoms with E-state index >= 15 is 0 Å². The highest BCUT2D eigenvalue weighted by Gasteiger charge is 2.20. The van der Waals surface area contributed by atoms with Crippen molar-refractivity contribution in [1.29, 1.82) is 5.26 Å². The standard InChI is InChI=1S/C20H20N2O5/c1-4-26-17-9-8-15(11-18(17)25-3)20(24)27-13(2)19(23)22-16-7-5-6-14(10-16)12-21/h5-11,13H,4H2,1-3H3,(H,22,23)/t13-/m0/s1. The molecule has 0 aliphatic rings. The SMILES string of the molecule is CCOc1ccc(C(=O)O[C@@H](C)C(=O)Nc2cccc(C#N)c2)cc1OC. The number of ether oxygens (including phenoxy) is 3. The number of methoxy groups -OCH3 is 1. The van der Waals surface area contributed by atoms with Gasteiger partial charge in [0, 0.05) is 5.69 Å². The highest BCUT2D eigenvalue weighted by atomic mass is 16.5. The highest BCUT2D eigenvalue weighted by Crippen LogP contribution is 2.28. The normalized spacial score (nSPS) is 11.0. The van der Waals surface area contributed by atoms with E-state index < -0.39 is 18.0 Å². The van der Waals surface area contributed by atoms with E-state index in [4.69, 9.17) is 19.5 Å². The topological polar surface area (TPSA) is 97.6 Å². The second-order valence-electron chi connectivity index (χ2n) is 5.53. The third kappa shape index (κ3) is 5.22. The number of anilines is 1.